The molecule has 0 aliphatic carbocycles. The Morgan fingerprint density at radius 2 is 1.97 bits per heavy atom. The third kappa shape index (κ3) is 9.17. The zero-order valence-corrected chi connectivity index (χ0v) is 22.9. The van der Waals surface area contributed by atoms with E-state index >= 15 is 0 Å². The molecule has 3 aromatic heterocycles. The summed E-state index contributed by atoms with van der Waals surface area (Å²) in [4.78, 5) is 31.8. The van der Waals surface area contributed by atoms with Gasteiger partial charge >= 0.3 is 5.97 Å². The number of carboxylic acid groups (broad SMARTS) is 1. The first-order valence-corrected chi connectivity index (χ1v) is 13.7. The Morgan fingerprint density at radius 3 is 2.77 bits per heavy atom. The first kappa shape index (κ1) is 28.2. The van der Waals surface area contributed by atoms with Crippen molar-refractivity contribution in [2.45, 2.75) is 58.4 Å². The molecule has 1 unspecified atom stereocenters. The standard InChI is InChI=1S/C29H39N7O3/c1-21-8-11-25(19-32-21)39-17-16-36(15-12-26(29(37)38)35-27-20-30-18-22(2)33-27)14-4-3-7-24-10-9-23-6-5-13-31-28(23)34-24/h8-11,18-20,26H,3-7,12-17H2,1-2H3,(H,31,34)(H,33,35)(H,37,38). The van der Waals surface area contributed by atoms with E-state index in [4.69, 9.17) is 9.72 Å². The normalized spacial score (nSPS) is 13.4. The molecule has 1 aliphatic heterocycles. The van der Waals surface area contributed by atoms with Crippen molar-refractivity contribution in [1.29, 1.82) is 0 Å². The van der Waals surface area contributed by atoms with Crippen molar-refractivity contribution in [2.24, 2.45) is 0 Å². The Morgan fingerprint density at radius 1 is 1.08 bits per heavy atom. The molecule has 3 aromatic rings. The van der Waals surface area contributed by atoms with Crippen LogP contribution < -0.4 is 15.4 Å². The number of nitrogens with zero attached hydrogens (tertiary/aromatic N) is 5. The van der Waals surface area contributed by atoms with E-state index in [9.17, 15) is 9.90 Å². The van der Waals surface area contributed by atoms with E-state index in [-0.39, 0.29) is 0 Å². The number of aromatic nitrogens is 4. The van der Waals surface area contributed by atoms with Crippen molar-refractivity contribution in [3.8, 4) is 5.75 Å². The first-order valence-electron chi connectivity index (χ1n) is 13.7. The number of carboxylic acids is 1. The molecule has 0 saturated carbocycles. The van der Waals surface area contributed by atoms with Crippen molar-refractivity contribution in [3.63, 3.8) is 0 Å². The fourth-order valence-corrected chi connectivity index (χ4v) is 4.60. The number of hydrogen-bond donors (Lipinski definition) is 3. The minimum absolute atomic E-state index is 0.426. The molecule has 4 heterocycles. The molecular formula is C29H39N7O3. The van der Waals surface area contributed by atoms with Crippen LogP contribution >= 0.6 is 0 Å². The lowest BCUT2D eigenvalue weighted by Gasteiger charge is -2.24. The number of aryl methyl sites for hydroxylation is 4. The highest BCUT2D eigenvalue weighted by Gasteiger charge is 2.20. The van der Waals surface area contributed by atoms with Gasteiger partial charge in [0.05, 0.1) is 18.1 Å². The maximum absolute atomic E-state index is 12.0. The van der Waals surface area contributed by atoms with Gasteiger partial charge in [-0.1, -0.05) is 6.07 Å². The van der Waals surface area contributed by atoms with Crippen molar-refractivity contribution in [2.75, 3.05) is 43.4 Å². The molecular weight excluding hydrogens is 494 g/mol. The van der Waals surface area contributed by atoms with E-state index in [0.29, 0.717) is 31.9 Å². The Bertz CT molecular complexity index is 1210. The number of ether oxygens (including phenoxy) is 1. The molecule has 0 aromatic carbocycles. The number of pyridine rings is 2. The summed E-state index contributed by atoms with van der Waals surface area (Å²) in [5, 5.41) is 16.2. The van der Waals surface area contributed by atoms with E-state index in [1.54, 1.807) is 18.6 Å². The van der Waals surface area contributed by atoms with Crippen LogP contribution in [0.5, 0.6) is 5.75 Å². The maximum atomic E-state index is 12.0. The summed E-state index contributed by atoms with van der Waals surface area (Å²) in [5.74, 6) is 1.33. The molecule has 0 fully saturated rings. The van der Waals surface area contributed by atoms with Crippen LogP contribution in [0.3, 0.4) is 0 Å². The van der Waals surface area contributed by atoms with E-state index in [0.717, 1.165) is 73.8 Å². The van der Waals surface area contributed by atoms with Crippen LogP contribution in [0.15, 0.2) is 42.9 Å². The van der Waals surface area contributed by atoms with E-state index in [1.807, 2.05) is 26.0 Å². The summed E-state index contributed by atoms with van der Waals surface area (Å²) in [6, 6.07) is 7.42. The quantitative estimate of drug-likeness (QED) is 0.248. The number of nitrogens with one attached hydrogen (secondary N) is 2. The Hall–Kier alpha value is -3.79. The molecule has 4 rings (SSSR count). The minimum Gasteiger partial charge on any atom is -0.491 e. The summed E-state index contributed by atoms with van der Waals surface area (Å²) >= 11 is 0. The zero-order chi connectivity index (χ0) is 27.5. The molecule has 0 saturated heterocycles. The summed E-state index contributed by atoms with van der Waals surface area (Å²) < 4.78 is 5.91. The molecule has 0 radical (unpaired) electrons. The molecule has 208 valence electrons. The lowest BCUT2D eigenvalue weighted by molar-refractivity contribution is -0.138. The van der Waals surface area contributed by atoms with Crippen LogP contribution in [-0.2, 0) is 17.6 Å². The number of carbonyl (C=O) groups is 1. The number of unbranched alkanes of at least 4 members (excludes halogenated alkanes) is 1. The molecule has 0 amide bonds. The number of anilines is 2. The third-order valence-electron chi connectivity index (χ3n) is 6.78. The lowest BCUT2D eigenvalue weighted by atomic mass is 10.1. The van der Waals surface area contributed by atoms with Gasteiger partial charge in [-0.15, -0.1) is 0 Å². The number of fused-ring (bicyclic) bond motifs is 1. The Labute approximate surface area is 230 Å². The maximum Gasteiger partial charge on any atom is 0.326 e. The molecule has 3 N–H and O–H groups in total. The van der Waals surface area contributed by atoms with Gasteiger partial charge in [-0.25, -0.2) is 14.8 Å². The smallest absolute Gasteiger partial charge is 0.326 e. The third-order valence-corrected chi connectivity index (χ3v) is 6.78. The summed E-state index contributed by atoms with van der Waals surface area (Å²) in [5.41, 5.74) is 4.09. The highest BCUT2D eigenvalue weighted by atomic mass is 16.5. The molecule has 10 nitrogen and oxygen atoms in total. The monoisotopic (exact) mass is 533 g/mol. The topological polar surface area (TPSA) is 125 Å². The lowest BCUT2D eigenvalue weighted by Crippen LogP contribution is -2.37. The van der Waals surface area contributed by atoms with Gasteiger partial charge in [0.15, 0.2) is 0 Å². The Kier molecular flexibility index (Phi) is 10.4. The largest absolute Gasteiger partial charge is 0.491 e. The predicted molar refractivity (Wildman–Crippen MR) is 151 cm³/mol. The van der Waals surface area contributed by atoms with Crippen LogP contribution in [0.1, 0.15) is 48.3 Å². The minimum atomic E-state index is -0.910. The van der Waals surface area contributed by atoms with E-state index < -0.39 is 12.0 Å². The molecule has 1 atom stereocenters. The van der Waals surface area contributed by atoms with Crippen LogP contribution in [0.2, 0.25) is 0 Å². The van der Waals surface area contributed by atoms with E-state index in [2.05, 4.69) is 42.6 Å². The van der Waals surface area contributed by atoms with Crippen molar-refractivity contribution in [3.05, 3.63) is 65.5 Å². The van der Waals surface area contributed by atoms with E-state index in [1.165, 1.54) is 5.56 Å². The summed E-state index contributed by atoms with van der Waals surface area (Å²) in [6.07, 6.45) is 10.5. The second-order valence-electron chi connectivity index (χ2n) is 9.99. The van der Waals surface area contributed by atoms with Gasteiger partial charge in [-0.2, -0.15) is 0 Å². The SMILES string of the molecule is Cc1ccc(OCCN(CCCCc2ccc3c(n2)NCCC3)CCC(Nc2cncc(C)n2)C(=O)O)cn1. The predicted octanol–water partition coefficient (Wildman–Crippen LogP) is 3.90. The van der Waals surface area contributed by atoms with Gasteiger partial charge in [0.25, 0.3) is 0 Å². The van der Waals surface area contributed by atoms with Gasteiger partial charge in [0.2, 0.25) is 0 Å². The molecule has 0 bridgehead atoms. The second-order valence-corrected chi connectivity index (χ2v) is 9.99. The summed E-state index contributed by atoms with van der Waals surface area (Å²) in [7, 11) is 0. The molecule has 1 aliphatic rings. The van der Waals surface area contributed by atoms with Crippen LogP contribution in [0.4, 0.5) is 11.6 Å². The zero-order valence-electron chi connectivity index (χ0n) is 22.9. The second kappa shape index (κ2) is 14.4. The fraction of sp³-hybridized carbons (Fsp3) is 0.483. The van der Waals surface area contributed by atoms with Crippen LogP contribution in [0.25, 0.3) is 0 Å². The molecule has 39 heavy (non-hydrogen) atoms. The number of hydrogen-bond acceptors (Lipinski definition) is 9. The van der Waals surface area contributed by atoms with Gasteiger partial charge in [-0.05, 0) is 82.7 Å². The fourth-order valence-electron chi connectivity index (χ4n) is 4.60. The number of rotatable bonds is 15. The van der Waals surface area contributed by atoms with Gasteiger partial charge in [-0.3, -0.25) is 14.9 Å². The van der Waals surface area contributed by atoms with Crippen LogP contribution in [-0.4, -0.2) is 74.7 Å². The van der Waals surface area contributed by atoms with Gasteiger partial charge in [0, 0.05) is 37.2 Å². The van der Waals surface area contributed by atoms with Crippen molar-refractivity contribution < 1.29 is 14.6 Å². The molecule has 0 spiro atoms. The number of aliphatic carboxylic acids is 1. The highest BCUT2D eigenvalue weighted by Crippen LogP contribution is 2.20. The molecule has 10 heteroatoms. The van der Waals surface area contributed by atoms with Gasteiger partial charge in [0.1, 0.15) is 30.0 Å². The van der Waals surface area contributed by atoms with Crippen molar-refractivity contribution in [1.82, 2.24) is 24.8 Å². The first-order chi connectivity index (χ1) is 19.0. The average Bonchev–Trinajstić information content (AvgIpc) is 2.93. The van der Waals surface area contributed by atoms with Crippen molar-refractivity contribution >= 4 is 17.6 Å². The van der Waals surface area contributed by atoms with Gasteiger partial charge < -0.3 is 20.5 Å². The summed E-state index contributed by atoms with van der Waals surface area (Å²) in [6.45, 7) is 7.39. The Balaban J connectivity index is 1.30. The highest BCUT2D eigenvalue weighted by molar-refractivity contribution is 5.76. The van der Waals surface area contributed by atoms with Crippen LogP contribution in [0, 0.1) is 13.8 Å². The average molecular weight is 534 g/mol.